The first-order chi connectivity index (χ1) is 11.7. The van der Waals surface area contributed by atoms with Crippen LogP contribution in [0, 0.1) is 0 Å². The Balaban J connectivity index is 1.96. The number of nitrogens with zero attached hydrogens (tertiary/aromatic N) is 1. The average Bonchev–Trinajstić information content (AvgIpc) is 2.54. The summed E-state index contributed by atoms with van der Waals surface area (Å²) in [5.41, 5.74) is 2.15. The van der Waals surface area contributed by atoms with Crippen molar-refractivity contribution in [2.75, 3.05) is 14.1 Å². The second-order valence-corrected chi connectivity index (χ2v) is 8.00. The molecule has 0 aromatic heterocycles. The predicted octanol–water partition coefficient (Wildman–Crippen LogP) is 4.78. The van der Waals surface area contributed by atoms with E-state index in [0.717, 1.165) is 17.9 Å². The Morgan fingerprint density at radius 3 is 2.32 bits per heavy atom. The quantitative estimate of drug-likeness (QED) is 0.723. The van der Waals surface area contributed by atoms with Crippen molar-refractivity contribution in [3.05, 3.63) is 59.7 Å². The summed E-state index contributed by atoms with van der Waals surface area (Å²) >= 11 is 5.21. The molecule has 3 nitrogen and oxygen atoms in total. The monoisotopic (exact) mass is 355 g/mol. The van der Waals surface area contributed by atoms with Crippen LogP contribution in [0.3, 0.4) is 0 Å². The lowest BCUT2D eigenvalue weighted by Crippen LogP contribution is -2.43. The predicted molar refractivity (Wildman–Crippen MR) is 106 cm³/mol. The highest BCUT2D eigenvalue weighted by Crippen LogP contribution is 2.48. The molecule has 0 saturated heterocycles. The maximum Gasteiger partial charge on any atom is 0.264 e. The Bertz CT molecular complexity index is 783. The molecule has 2 aromatic carbocycles. The molecule has 0 amide bonds. The summed E-state index contributed by atoms with van der Waals surface area (Å²) in [7, 11) is 3.75. The Labute approximate surface area is 155 Å². The summed E-state index contributed by atoms with van der Waals surface area (Å²) in [5.74, 6) is 1.72. The number of para-hydroxylation sites is 1. The maximum atomic E-state index is 6.19. The Kier molecular flexibility index (Phi) is 4.50. The molecule has 1 heterocycles. The van der Waals surface area contributed by atoms with Crippen molar-refractivity contribution in [3.8, 4) is 11.5 Å². The van der Waals surface area contributed by atoms with E-state index in [9.17, 15) is 0 Å². The fourth-order valence-electron chi connectivity index (χ4n) is 3.63. The van der Waals surface area contributed by atoms with E-state index in [0.29, 0.717) is 5.17 Å². The van der Waals surface area contributed by atoms with Crippen molar-refractivity contribution in [2.45, 2.75) is 38.2 Å². The van der Waals surface area contributed by atoms with Gasteiger partial charge in [-0.15, -0.1) is 0 Å². The summed E-state index contributed by atoms with van der Waals surface area (Å²) in [4.78, 5) is 1.78. The van der Waals surface area contributed by atoms with Crippen molar-refractivity contribution in [1.82, 2.24) is 4.90 Å². The van der Waals surface area contributed by atoms with Gasteiger partial charge in [0.15, 0.2) is 0 Å². The Morgan fingerprint density at radius 2 is 1.68 bits per heavy atom. The van der Waals surface area contributed by atoms with E-state index in [1.165, 1.54) is 11.1 Å². The number of hydrogen-bond donors (Lipinski definition) is 0. The van der Waals surface area contributed by atoms with Gasteiger partial charge in [0, 0.05) is 31.5 Å². The van der Waals surface area contributed by atoms with Crippen LogP contribution in [0.2, 0.25) is 0 Å². The minimum absolute atomic E-state index is 0.112. The molecule has 0 fully saturated rings. The van der Waals surface area contributed by atoms with E-state index < -0.39 is 0 Å². The van der Waals surface area contributed by atoms with Crippen LogP contribution in [0.25, 0.3) is 0 Å². The van der Waals surface area contributed by atoms with Gasteiger partial charge in [-0.05, 0) is 49.8 Å². The summed E-state index contributed by atoms with van der Waals surface area (Å²) in [6.07, 6.45) is 0.910. The molecular weight excluding hydrogens is 330 g/mol. The van der Waals surface area contributed by atoms with Crippen LogP contribution in [0.5, 0.6) is 11.5 Å². The fraction of sp³-hybridized carbons (Fsp3) is 0.381. The second kappa shape index (κ2) is 6.34. The molecule has 1 aliphatic heterocycles. The van der Waals surface area contributed by atoms with E-state index >= 15 is 0 Å². The highest BCUT2D eigenvalue weighted by atomic mass is 32.1. The lowest BCUT2D eigenvalue weighted by molar-refractivity contribution is 0.0583. The molecule has 132 valence electrons. The topological polar surface area (TPSA) is 21.7 Å². The summed E-state index contributed by atoms with van der Waals surface area (Å²) in [6.45, 7) is 6.58. The zero-order valence-corrected chi connectivity index (χ0v) is 16.3. The zero-order valence-electron chi connectivity index (χ0n) is 15.5. The third-order valence-electron chi connectivity index (χ3n) is 4.71. The molecule has 1 atom stereocenters. The largest absolute Gasteiger partial charge is 0.488 e. The third kappa shape index (κ3) is 3.49. The Morgan fingerprint density at radius 1 is 1.04 bits per heavy atom. The molecule has 0 aliphatic carbocycles. The van der Waals surface area contributed by atoms with E-state index in [4.69, 9.17) is 21.7 Å². The van der Waals surface area contributed by atoms with Gasteiger partial charge >= 0.3 is 0 Å². The van der Waals surface area contributed by atoms with Gasteiger partial charge in [-0.2, -0.15) is 0 Å². The van der Waals surface area contributed by atoms with Crippen LogP contribution < -0.4 is 9.47 Å². The van der Waals surface area contributed by atoms with E-state index in [1.807, 2.05) is 32.3 Å². The molecule has 0 radical (unpaired) electrons. The van der Waals surface area contributed by atoms with Gasteiger partial charge in [0.1, 0.15) is 17.1 Å². The normalized spacial score (nSPS) is 21.0. The van der Waals surface area contributed by atoms with Gasteiger partial charge in [-0.1, -0.05) is 37.3 Å². The molecule has 0 spiro atoms. The van der Waals surface area contributed by atoms with Gasteiger partial charge in [-0.3, -0.25) is 0 Å². The van der Waals surface area contributed by atoms with Crippen molar-refractivity contribution >= 4 is 17.4 Å². The van der Waals surface area contributed by atoms with E-state index in [-0.39, 0.29) is 11.0 Å². The van der Waals surface area contributed by atoms with Crippen molar-refractivity contribution in [2.24, 2.45) is 0 Å². The molecule has 1 aliphatic rings. The van der Waals surface area contributed by atoms with Gasteiger partial charge in [0.05, 0.1) is 0 Å². The third-order valence-corrected chi connectivity index (χ3v) is 5.16. The molecule has 0 saturated carbocycles. The van der Waals surface area contributed by atoms with Crippen LogP contribution in [0.4, 0.5) is 0 Å². The first-order valence-electron chi connectivity index (χ1n) is 8.49. The molecule has 0 N–H and O–H groups in total. The minimum atomic E-state index is -0.217. The van der Waals surface area contributed by atoms with Crippen molar-refractivity contribution in [1.29, 1.82) is 0 Å². The van der Waals surface area contributed by atoms with E-state index in [1.54, 1.807) is 4.90 Å². The fourth-order valence-corrected chi connectivity index (χ4v) is 3.73. The SMILES string of the molecule is CN(C)C(=S)Oc1ccc([C@]2(C)CC(C)(C)Oc3ccccc32)cc1. The molecule has 0 bridgehead atoms. The van der Waals surface area contributed by atoms with Crippen LogP contribution in [-0.2, 0) is 5.41 Å². The van der Waals surface area contributed by atoms with Crippen LogP contribution in [0.1, 0.15) is 38.3 Å². The van der Waals surface area contributed by atoms with Crippen molar-refractivity contribution in [3.63, 3.8) is 0 Å². The highest BCUT2D eigenvalue weighted by molar-refractivity contribution is 7.80. The maximum absolute atomic E-state index is 6.19. The average molecular weight is 356 g/mol. The number of thiocarbonyl (C=S) groups is 1. The lowest BCUT2D eigenvalue weighted by atomic mass is 9.68. The summed E-state index contributed by atoms with van der Waals surface area (Å²) < 4.78 is 11.9. The molecule has 0 unspecified atom stereocenters. The molecule has 4 heteroatoms. The van der Waals surface area contributed by atoms with Crippen LogP contribution in [0.15, 0.2) is 48.5 Å². The number of fused-ring (bicyclic) bond motifs is 1. The summed E-state index contributed by atoms with van der Waals surface area (Å²) in [6, 6.07) is 16.6. The van der Waals surface area contributed by atoms with Crippen LogP contribution in [-0.4, -0.2) is 29.8 Å². The van der Waals surface area contributed by atoms with Gasteiger partial charge < -0.3 is 14.4 Å². The second-order valence-electron chi connectivity index (χ2n) is 7.65. The smallest absolute Gasteiger partial charge is 0.264 e. The highest BCUT2D eigenvalue weighted by Gasteiger charge is 2.42. The first-order valence-corrected chi connectivity index (χ1v) is 8.90. The Hall–Kier alpha value is -2.07. The molecule has 25 heavy (non-hydrogen) atoms. The minimum Gasteiger partial charge on any atom is -0.488 e. The molecule has 2 aromatic rings. The van der Waals surface area contributed by atoms with Gasteiger partial charge in [-0.25, -0.2) is 0 Å². The number of hydrogen-bond acceptors (Lipinski definition) is 3. The zero-order chi connectivity index (χ0) is 18.2. The molecular formula is C21H25NO2S. The number of rotatable bonds is 2. The lowest BCUT2D eigenvalue weighted by Gasteiger charge is -2.44. The summed E-state index contributed by atoms with van der Waals surface area (Å²) in [5, 5.41) is 0.455. The van der Waals surface area contributed by atoms with E-state index in [2.05, 4.69) is 51.1 Å². The van der Waals surface area contributed by atoms with Gasteiger partial charge in [0.25, 0.3) is 5.17 Å². The standard InChI is InChI=1S/C21H25NO2S/c1-20(2)14-21(3,17-8-6-7-9-18(17)24-20)15-10-12-16(13-11-15)23-19(25)22(4)5/h6-13H,14H2,1-5H3/t21-/m0/s1. The first kappa shape index (κ1) is 17.7. The van der Waals surface area contributed by atoms with Crippen molar-refractivity contribution < 1.29 is 9.47 Å². The number of ether oxygens (including phenoxy) is 2. The number of benzene rings is 2. The molecule has 3 rings (SSSR count). The van der Waals surface area contributed by atoms with Crippen LogP contribution >= 0.6 is 12.2 Å². The van der Waals surface area contributed by atoms with Gasteiger partial charge in [0.2, 0.25) is 0 Å².